The monoisotopic (exact) mass is 187 g/mol. The van der Waals surface area contributed by atoms with E-state index in [1.807, 2.05) is 13.0 Å². The van der Waals surface area contributed by atoms with Gasteiger partial charge in [-0.05, 0) is 19.1 Å². The highest BCUT2D eigenvalue weighted by Gasteiger charge is 2.03. The molecule has 0 aliphatic carbocycles. The van der Waals surface area contributed by atoms with Crippen LogP contribution in [0.25, 0.3) is 12.2 Å². The summed E-state index contributed by atoms with van der Waals surface area (Å²) in [6.07, 6.45) is 6.93. The summed E-state index contributed by atoms with van der Waals surface area (Å²) in [7, 11) is 0. The highest BCUT2D eigenvalue weighted by Crippen LogP contribution is 2.12. The smallest absolute Gasteiger partial charge is 0.145 e. The van der Waals surface area contributed by atoms with E-state index in [-0.39, 0.29) is 0 Å². The van der Waals surface area contributed by atoms with Gasteiger partial charge < -0.3 is 5.73 Å². The van der Waals surface area contributed by atoms with Gasteiger partial charge in [0.05, 0.1) is 17.1 Å². The first kappa shape index (κ1) is 10.2. The number of rotatable bonds is 3. The maximum atomic E-state index is 5.63. The maximum absolute atomic E-state index is 5.63. The third-order valence-electron chi connectivity index (χ3n) is 1.75. The third kappa shape index (κ3) is 2.07. The van der Waals surface area contributed by atoms with Gasteiger partial charge in [0.1, 0.15) is 5.82 Å². The van der Waals surface area contributed by atoms with Crippen molar-refractivity contribution in [2.45, 2.75) is 6.92 Å². The van der Waals surface area contributed by atoms with Crippen molar-refractivity contribution >= 4 is 18.0 Å². The minimum atomic E-state index is 0.440. The van der Waals surface area contributed by atoms with Crippen molar-refractivity contribution < 1.29 is 0 Å². The molecule has 1 rings (SSSR count). The Balaban J connectivity index is 3.26. The quantitative estimate of drug-likeness (QED) is 0.738. The molecule has 0 unspecified atom stereocenters. The summed E-state index contributed by atoms with van der Waals surface area (Å²) >= 11 is 0. The molecule has 0 aliphatic heterocycles. The Morgan fingerprint density at radius 1 is 1.21 bits per heavy atom. The Morgan fingerprint density at radius 3 is 2.50 bits per heavy atom. The van der Waals surface area contributed by atoms with Crippen LogP contribution in [-0.4, -0.2) is 9.97 Å². The molecule has 0 fully saturated rings. The highest BCUT2D eigenvalue weighted by molar-refractivity contribution is 5.61. The first-order chi connectivity index (χ1) is 6.69. The van der Waals surface area contributed by atoms with Crippen LogP contribution in [0.15, 0.2) is 25.3 Å². The predicted molar refractivity (Wildman–Crippen MR) is 60.5 cm³/mol. The lowest BCUT2D eigenvalue weighted by molar-refractivity contribution is 1.10. The molecule has 2 N–H and O–H groups in total. The Labute approximate surface area is 83.7 Å². The fourth-order valence-corrected chi connectivity index (χ4v) is 0.995. The van der Waals surface area contributed by atoms with Crippen molar-refractivity contribution in [3.63, 3.8) is 0 Å². The van der Waals surface area contributed by atoms with Crippen molar-refractivity contribution in [2.24, 2.45) is 0 Å². The Kier molecular flexibility index (Phi) is 3.18. The molecule has 0 aliphatic rings. The zero-order valence-electron chi connectivity index (χ0n) is 8.20. The molecule has 0 atom stereocenters. The molecule has 0 spiro atoms. The van der Waals surface area contributed by atoms with Crippen LogP contribution in [0.2, 0.25) is 0 Å². The minimum Gasteiger partial charge on any atom is -0.382 e. The summed E-state index contributed by atoms with van der Waals surface area (Å²) in [6, 6.07) is 0. The van der Waals surface area contributed by atoms with Crippen LogP contribution in [0, 0.1) is 6.92 Å². The molecule has 1 aromatic heterocycles. The van der Waals surface area contributed by atoms with Gasteiger partial charge in [0.2, 0.25) is 0 Å². The predicted octanol–water partition coefficient (Wildman–Crippen LogP) is 2.21. The zero-order valence-corrected chi connectivity index (χ0v) is 8.20. The van der Waals surface area contributed by atoms with E-state index in [4.69, 9.17) is 5.73 Å². The molecule has 3 heteroatoms. The van der Waals surface area contributed by atoms with E-state index < -0.39 is 0 Å². The lowest BCUT2D eigenvalue weighted by Gasteiger charge is -2.03. The summed E-state index contributed by atoms with van der Waals surface area (Å²) in [5.74, 6) is 0.440. The average Bonchev–Trinajstić information content (AvgIpc) is 2.19. The number of hydrogen-bond acceptors (Lipinski definition) is 3. The molecule has 0 amide bonds. The molecule has 1 heterocycles. The normalized spacial score (nSPS) is 10.4. The van der Waals surface area contributed by atoms with Crippen LogP contribution in [0.1, 0.15) is 17.1 Å². The summed E-state index contributed by atoms with van der Waals surface area (Å²) in [5, 5.41) is 0. The number of nitrogens with two attached hydrogens (primary N) is 1. The fraction of sp³-hybridized carbons (Fsp3) is 0.0909. The first-order valence-corrected chi connectivity index (χ1v) is 4.24. The number of nitrogens with zero attached hydrogens (tertiary/aromatic N) is 2. The van der Waals surface area contributed by atoms with Gasteiger partial charge in [-0.25, -0.2) is 9.97 Å². The molecule has 1 aromatic rings. The molecule has 72 valence electrons. The van der Waals surface area contributed by atoms with Gasteiger partial charge in [-0.3, -0.25) is 0 Å². The minimum absolute atomic E-state index is 0.440. The molecular formula is C11H13N3. The van der Waals surface area contributed by atoms with Crippen molar-refractivity contribution in [2.75, 3.05) is 5.73 Å². The molecule has 0 saturated carbocycles. The van der Waals surface area contributed by atoms with E-state index in [1.165, 1.54) is 0 Å². The van der Waals surface area contributed by atoms with Crippen LogP contribution in [0.4, 0.5) is 5.82 Å². The molecule has 0 bridgehead atoms. The van der Waals surface area contributed by atoms with Crippen LogP contribution in [0.5, 0.6) is 0 Å². The van der Waals surface area contributed by atoms with Gasteiger partial charge in [0.15, 0.2) is 0 Å². The molecule has 14 heavy (non-hydrogen) atoms. The van der Waals surface area contributed by atoms with Crippen molar-refractivity contribution in [1.82, 2.24) is 9.97 Å². The van der Waals surface area contributed by atoms with E-state index >= 15 is 0 Å². The van der Waals surface area contributed by atoms with Gasteiger partial charge in [-0.2, -0.15) is 0 Å². The number of aromatic nitrogens is 2. The van der Waals surface area contributed by atoms with Crippen molar-refractivity contribution in [3.05, 3.63) is 42.4 Å². The van der Waals surface area contributed by atoms with E-state index in [9.17, 15) is 0 Å². The average molecular weight is 187 g/mol. The first-order valence-electron chi connectivity index (χ1n) is 4.24. The number of allylic oxidation sites excluding steroid dienone is 2. The number of hydrogen-bond donors (Lipinski definition) is 1. The van der Waals surface area contributed by atoms with E-state index in [2.05, 4.69) is 23.1 Å². The molecular weight excluding hydrogens is 174 g/mol. The largest absolute Gasteiger partial charge is 0.382 e. The second-order valence-electron chi connectivity index (χ2n) is 2.76. The van der Waals surface area contributed by atoms with E-state index in [0.717, 1.165) is 11.4 Å². The topological polar surface area (TPSA) is 51.8 Å². The van der Waals surface area contributed by atoms with E-state index in [0.29, 0.717) is 11.5 Å². The van der Waals surface area contributed by atoms with Crippen molar-refractivity contribution in [1.29, 1.82) is 0 Å². The number of anilines is 1. The fourth-order valence-electron chi connectivity index (χ4n) is 0.995. The molecule has 0 aromatic carbocycles. The second kappa shape index (κ2) is 4.37. The Morgan fingerprint density at radius 2 is 1.93 bits per heavy atom. The Bertz CT molecular complexity index is 392. The van der Waals surface area contributed by atoms with Crippen LogP contribution < -0.4 is 5.73 Å². The summed E-state index contributed by atoms with van der Waals surface area (Å²) in [5.41, 5.74) is 7.79. The molecule has 0 saturated heterocycles. The lowest BCUT2D eigenvalue weighted by atomic mass is 10.2. The lowest BCUT2D eigenvalue weighted by Crippen LogP contribution is -2.01. The van der Waals surface area contributed by atoms with Crippen LogP contribution >= 0.6 is 0 Å². The SMILES string of the molecule is C=C/C=C\c1nc(C)c(N)nc1C=C. The van der Waals surface area contributed by atoms with Crippen LogP contribution in [-0.2, 0) is 0 Å². The highest BCUT2D eigenvalue weighted by atomic mass is 14.9. The van der Waals surface area contributed by atoms with Gasteiger partial charge >= 0.3 is 0 Å². The van der Waals surface area contributed by atoms with E-state index in [1.54, 1.807) is 18.2 Å². The standard InChI is InChI=1S/C11H13N3/c1-4-6-7-10-9(5-2)14-11(12)8(3)13-10/h4-7H,1-2H2,3H3,(H2,12,14)/b7-6-. The number of aryl methyl sites for hydroxylation is 1. The van der Waals surface area contributed by atoms with Gasteiger partial charge in [0.25, 0.3) is 0 Å². The second-order valence-corrected chi connectivity index (χ2v) is 2.76. The molecule has 3 nitrogen and oxygen atoms in total. The van der Waals surface area contributed by atoms with Crippen LogP contribution in [0.3, 0.4) is 0 Å². The zero-order chi connectivity index (χ0) is 10.6. The maximum Gasteiger partial charge on any atom is 0.145 e. The van der Waals surface area contributed by atoms with Gasteiger partial charge in [0, 0.05) is 0 Å². The number of nitrogen functional groups attached to an aromatic ring is 1. The Hall–Kier alpha value is -1.90. The van der Waals surface area contributed by atoms with Gasteiger partial charge in [-0.1, -0.05) is 25.3 Å². The summed E-state index contributed by atoms with van der Waals surface area (Å²) < 4.78 is 0. The summed E-state index contributed by atoms with van der Waals surface area (Å²) in [6.45, 7) is 9.06. The summed E-state index contributed by atoms with van der Waals surface area (Å²) in [4.78, 5) is 8.44. The third-order valence-corrected chi connectivity index (χ3v) is 1.75. The van der Waals surface area contributed by atoms with Crippen molar-refractivity contribution in [3.8, 4) is 0 Å². The molecule has 0 radical (unpaired) electrons. The van der Waals surface area contributed by atoms with Gasteiger partial charge in [-0.15, -0.1) is 0 Å².